The van der Waals surface area contributed by atoms with E-state index in [-0.39, 0.29) is 6.42 Å². The molecule has 0 aliphatic carbocycles. The summed E-state index contributed by atoms with van der Waals surface area (Å²) >= 11 is 0. The van der Waals surface area contributed by atoms with Crippen LogP contribution < -0.4 is 11.5 Å². The van der Waals surface area contributed by atoms with Crippen molar-refractivity contribution in [2.45, 2.75) is 19.8 Å². The summed E-state index contributed by atoms with van der Waals surface area (Å²) in [4.78, 5) is 22.0. The molecule has 0 fully saturated rings. The Kier molecular flexibility index (Phi) is 4.05. The van der Waals surface area contributed by atoms with Gasteiger partial charge >= 0.3 is 0 Å². The molecule has 0 radical (unpaired) electrons. The lowest BCUT2D eigenvalue weighted by atomic mass is 9.93. The van der Waals surface area contributed by atoms with E-state index in [2.05, 4.69) is 0 Å². The van der Waals surface area contributed by atoms with Crippen molar-refractivity contribution in [2.75, 3.05) is 0 Å². The highest BCUT2D eigenvalue weighted by atomic mass is 16.2. The molecule has 0 saturated heterocycles. The molecule has 1 unspecified atom stereocenters. The van der Waals surface area contributed by atoms with E-state index in [9.17, 15) is 9.59 Å². The Labute approximate surface area is 94.6 Å². The summed E-state index contributed by atoms with van der Waals surface area (Å²) in [5, 5.41) is 0. The summed E-state index contributed by atoms with van der Waals surface area (Å²) < 4.78 is 0. The second-order valence-corrected chi connectivity index (χ2v) is 3.90. The molecular weight excluding hydrogens is 204 g/mol. The molecule has 4 heteroatoms. The molecule has 0 aromatic heterocycles. The van der Waals surface area contributed by atoms with E-state index in [0.717, 1.165) is 11.1 Å². The van der Waals surface area contributed by atoms with Crippen LogP contribution in [0.2, 0.25) is 0 Å². The van der Waals surface area contributed by atoms with Crippen LogP contribution in [0.25, 0.3) is 0 Å². The molecule has 4 nitrogen and oxygen atoms in total. The van der Waals surface area contributed by atoms with Crippen molar-refractivity contribution in [3.05, 3.63) is 35.4 Å². The van der Waals surface area contributed by atoms with Crippen LogP contribution >= 0.6 is 0 Å². The van der Waals surface area contributed by atoms with E-state index >= 15 is 0 Å². The topological polar surface area (TPSA) is 86.2 Å². The van der Waals surface area contributed by atoms with Gasteiger partial charge in [-0.25, -0.2) is 0 Å². The Hall–Kier alpha value is -1.84. The quantitative estimate of drug-likeness (QED) is 0.757. The van der Waals surface area contributed by atoms with Crippen molar-refractivity contribution < 1.29 is 9.59 Å². The van der Waals surface area contributed by atoms with Crippen molar-refractivity contribution in [2.24, 2.45) is 17.4 Å². The molecule has 0 saturated carbocycles. The Balaban J connectivity index is 2.80. The maximum absolute atomic E-state index is 11.2. The lowest BCUT2D eigenvalue weighted by molar-refractivity contribution is -0.126. The van der Waals surface area contributed by atoms with Crippen molar-refractivity contribution in [3.63, 3.8) is 0 Å². The Morgan fingerprint density at radius 2 is 1.88 bits per heavy atom. The molecule has 0 heterocycles. The van der Waals surface area contributed by atoms with Crippen molar-refractivity contribution in [3.8, 4) is 0 Å². The first-order valence-electron chi connectivity index (χ1n) is 5.13. The van der Waals surface area contributed by atoms with Crippen LogP contribution in [-0.4, -0.2) is 11.8 Å². The molecule has 0 aliphatic rings. The summed E-state index contributed by atoms with van der Waals surface area (Å²) in [6.07, 6.45) is 0.467. The number of rotatable bonds is 5. The molecule has 2 amide bonds. The van der Waals surface area contributed by atoms with Crippen molar-refractivity contribution in [1.82, 2.24) is 0 Å². The lowest BCUT2D eigenvalue weighted by Gasteiger charge is -2.12. The van der Waals surface area contributed by atoms with Gasteiger partial charge in [0.2, 0.25) is 11.8 Å². The summed E-state index contributed by atoms with van der Waals surface area (Å²) in [5.41, 5.74) is 12.4. The molecule has 0 aliphatic heterocycles. The van der Waals surface area contributed by atoms with E-state index in [1.54, 1.807) is 0 Å². The summed E-state index contributed by atoms with van der Waals surface area (Å²) in [6, 6.07) is 7.70. The second kappa shape index (κ2) is 5.30. The standard InChI is InChI=1S/C12H16N2O2/c1-8-4-2-3-5-9(8)6-10(12(14)16)7-11(13)15/h2-5,10H,6-7H2,1H3,(H2,13,15)(H2,14,16). The fourth-order valence-electron chi connectivity index (χ4n) is 1.62. The van der Waals surface area contributed by atoms with Gasteiger partial charge in [0.25, 0.3) is 0 Å². The third-order valence-electron chi connectivity index (χ3n) is 2.58. The third-order valence-corrected chi connectivity index (χ3v) is 2.58. The zero-order chi connectivity index (χ0) is 12.1. The van der Waals surface area contributed by atoms with Crippen molar-refractivity contribution >= 4 is 11.8 Å². The number of carbonyl (C=O) groups is 2. The van der Waals surface area contributed by atoms with E-state index in [1.165, 1.54) is 0 Å². The average Bonchev–Trinajstić information content (AvgIpc) is 2.19. The zero-order valence-electron chi connectivity index (χ0n) is 9.27. The average molecular weight is 220 g/mol. The third kappa shape index (κ3) is 3.38. The summed E-state index contributed by atoms with van der Waals surface area (Å²) in [5.74, 6) is -1.50. The highest BCUT2D eigenvalue weighted by Gasteiger charge is 2.19. The molecule has 16 heavy (non-hydrogen) atoms. The SMILES string of the molecule is Cc1ccccc1CC(CC(N)=O)C(N)=O. The predicted octanol–water partition coefficient (Wildman–Crippen LogP) is 0.514. The molecule has 1 rings (SSSR count). The molecule has 4 N–H and O–H groups in total. The van der Waals surface area contributed by atoms with Crippen LogP contribution in [0.5, 0.6) is 0 Å². The molecule has 1 atom stereocenters. The smallest absolute Gasteiger partial charge is 0.221 e. The predicted molar refractivity (Wildman–Crippen MR) is 61.4 cm³/mol. The number of aryl methyl sites for hydroxylation is 1. The normalized spacial score (nSPS) is 12.1. The van der Waals surface area contributed by atoms with Crippen LogP contribution in [0.15, 0.2) is 24.3 Å². The minimum Gasteiger partial charge on any atom is -0.370 e. The van der Waals surface area contributed by atoms with Crippen LogP contribution in [0.3, 0.4) is 0 Å². The van der Waals surface area contributed by atoms with Crippen LogP contribution in [0, 0.1) is 12.8 Å². The van der Waals surface area contributed by atoms with Gasteiger partial charge in [-0.15, -0.1) is 0 Å². The highest BCUT2D eigenvalue weighted by molar-refractivity contribution is 5.84. The number of hydrogen-bond acceptors (Lipinski definition) is 2. The van der Waals surface area contributed by atoms with Crippen LogP contribution in [0.4, 0.5) is 0 Å². The van der Waals surface area contributed by atoms with Gasteiger partial charge in [0.05, 0.1) is 5.92 Å². The van der Waals surface area contributed by atoms with Gasteiger partial charge in [-0.3, -0.25) is 9.59 Å². The minimum atomic E-state index is -0.515. The monoisotopic (exact) mass is 220 g/mol. The number of amides is 2. The van der Waals surface area contributed by atoms with Crippen molar-refractivity contribution in [1.29, 1.82) is 0 Å². The Morgan fingerprint density at radius 3 is 2.38 bits per heavy atom. The molecule has 1 aromatic carbocycles. The van der Waals surface area contributed by atoms with Gasteiger partial charge in [-0.1, -0.05) is 24.3 Å². The first-order valence-corrected chi connectivity index (χ1v) is 5.13. The van der Waals surface area contributed by atoms with Gasteiger partial charge in [-0.05, 0) is 24.5 Å². The van der Waals surface area contributed by atoms with E-state index < -0.39 is 17.7 Å². The second-order valence-electron chi connectivity index (χ2n) is 3.90. The minimum absolute atomic E-state index is 0.00364. The fraction of sp³-hybridized carbons (Fsp3) is 0.333. The van der Waals surface area contributed by atoms with E-state index in [1.807, 2.05) is 31.2 Å². The van der Waals surface area contributed by atoms with Gasteiger partial charge in [0.15, 0.2) is 0 Å². The van der Waals surface area contributed by atoms with Crippen LogP contribution in [-0.2, 0) is 16.0 Å². The maximum Gasteiger partial charge on any atom is 0.221 e. The maximum atomic E-state index is 11.2. The first kappa shape index (κ1) is 12.2. The lowest BCUT2D eigenvalue weighted by Crippen LogP contribution is -2.29. The largest absolute Gasteiger partial charge is 0.370 e. The Bertz CT molecular complexity index is 402. The number of nitrogens with two attached hydrogens (primary N) is 2. The van der Waals surface area contributed by atoms with Gasteiger partial charge < -0.3 is 11.5 Å². The number of primary amides is 2. The molecule has 0 bridgehead atoms. The highest BCUT2D eigenvalue weighted by Crippen LogP contribution is 2.15. The fourth-order valence-corrected chi connectivity index (χ4v) is 1.62. The molecule has 0 spiro atoms. The van der Waals surface area contributed by atoms with E-state index in [4.69, 9.17) is 11.5 Å². The van der Waals surface area contributed by atoms with Gasteiger partial charge in [0, 0.05) is 6.42 Å². The first-order chi connectivity index (χ1) is 7.50. The van der Waals surface area contributed by atoms with E-state index in [0.29, 0.717) is 6.42 Å². The molecular formula is C12H16N2O2. The van der Waals surface area contributed by atoms with Crippen LogP contribution in [0.1, 0.15) is 17.5 Å². The van der Waals surface area contributed by atoms with Gasteiger partial charge in [0.1, 0.15) is 0 Å². The number of benzene rings is 1. The summed E-state index contributed by atoms with van der Waals surface area (Å²) in [7, 11) is 0. The number of carbonyl (C=O) groups excluding carboxylic acids is 2. The number of hydrogen-bond donors (Lipinski definition) is 2. The van der Waals surface area contributed by atoms with Gasteiger partial charge in [-0.2, -0.15) is 0 Å². The zero-order valence-corrected chi connectivity index (χ0v) is 9.27. The Morgan fingerprint density at radius 1 is 1.25 bits per heavy atom. The molecule has 1 aromatic rings. The summed E-state index contributed by atoms with van der Waals surface area (Å²) in [6.45, 7) is 1.96. The molecule has 86 valence electrons.